The number of aromatic nitrogens is 2. The van der Waals surface area contributed by atoms with E-state index in [1.54, 1.807) is 0 Å². The molecular weight excluding hydrogens is 256 g/mol. The van der Waals surface area contributed by atoms with Crippen molar-refractivity contribution in [2.24, 2.45) is 5.92 Å². The maximum atomic E-state index is 12.3. The summed E-state index contributed by atoms with van der Waals surface area (Å²) in [6, 6.07) is 0. The fourth-order valence-electron chi connectivity index (χ4n) is 3.16. The van der Waals surface area contributed by atoms with Gasteiger partial charge in [-0.2, -0.15) is 0 Å². The Balaban J connectivity index is 1.49. The number of rotatable bonds is 3. The molecular formula is C14H22N4O2. The molecule has 1 aromatic heterocycles. The zero-order chi connectivity index (χ0) is 13.9. The normalized spacial score (nSPS) is 21.6. The van der Waals surface area contributed by atoms with Gasteiger partial charge in [0.15, 0.2) is 0 Å². The highest BCUT2D eigenvalue weighted by atomic mass is 16.6. The van der Waals surface area contributed by atoms with Gasteiger partial charge in [0.1, 0.15) is 11.4 Å². The van der Waals surface area contributed by atoms with Crippen molar-refractivity contribution in [2.45, 2.75) is 39.2 Å². The Hall–Kier alpha value is -1.43. The molecule has 0 spiro atoms. The first-order valence-corrected chi connectivity index (χ1v) is 7.53. The van der Waals surface area contributed by atoms with Crippen LogP contribution in [-0.4, -0.2) is 52.2 Å². The fourth-order valence-corrected chi connectivity index (χ4v) is 3.16. The van der Waals surface area contributed by atoms with E-state index in [2.05, 4.69) is 15.2 Å². The minimum Gasteiger partial charge on any atom is -0.340 e. The van der Waals surface area contributed by atoms with E-state index in [-0.39, 0.29) is 0 Å². The summed E-state index contributed by atoms with van der Waals surface area (Å²) in [6.45, 7) is 6.15. The number of carbonyl (C=O) groups is 1. The number of hydrogen-bond acceptors (Lipinski definition) is 5. The van der Waals surface area contributed by atoms with Crippen LogP contribution in [0.4, 0.5) is 0 Å². The quantitative estimate of drug-likeness (QED) is 0.831. The fraction of sp³-hybridized carbons (Fsp3) is 0.786. The van der Waals surface area contributed by atoms with Gasteiger partial charge in [-0.1, -0.05) is 23.2 Å². The number of amides is 1. The van der Waals surface area contributed by atoms with Crippen LogP contribution in [0.5, 0.6) is 0 Å². The molecule has 0 N–H and O–H groups in total. The zero-order valence-corrected chi connectivity index (χ0v) is 12.0. The number of piperazine rings is 1. The summed E-state index contributed by atoms with van der Waals surface area (Å²) in [6.07, 6.45) is 4.61. The second kappa shape index (κ2) is 5.91. The second-order valence-corrected chi connectivity index (χ2v) is 5.88. The van der Waals surface area contributed by atoms with Gasteiger partial charge in [0.2, 0.25) is 5.91 Å². The molecule has 1 saturated heterocycles. The van der Waals surface area contributed by atoms with Crippen LogP contribution in [0.25, 0.3) is 0 Å². The van der Waals surface area contributed by atoms with E-state index in [9.17, 15) is 4.79 Å². The predicted molar refractivity (Wildman–Crippen MR) is 72.9 cm³/mol. The Bertz CT molecular complexity index is 459. The standard InChI is InChI=1S/C14H22N4O2/c1-11-13(16-20-15-11)10-17-6-8-18(9-7-17)14(19)12-4-2-3-5-12/h12H,2-10H2,1H3. The van der Waals surface area contributed by atoms with Crippen molar-refractivity contribution in [1.29, 1.82) is 0 Å². The summed E-state index contributed by atoms with van der Waals surface area (Å²) >= 11 is 0. The van der Waals surface area contributed by atoms with E-state index >= 15 is 0 Å². The van der Waals surface area contributed by atoms with Crippen LogP contribution < -0.4 is 0 Å². The van der Waals surface area contributed by atoms with E-state index in [0.717, 1.165) is 57.0 Å². The van der Waals surface area contributed by atoms with Gasteiger partial charge in [-0.25, -0.2) is 4.63 Å². The lowest BCUT2D eigenvalue weighted by Gasteiger charge is -2.35. The third-order valence-electron chi connectivity index (χ3n) is 4.51. The van der Waals surface area contributed by atoms with Crippen LogP contribution in [0, 0.1) is 12.8 Å². The third-order valence-corrected chi connectivity index (χ3v) is 4.51. The topological polar surface area (TPSA) is 62.5 Å². The van der Waals surface area contributed by atoms with Crippen molar-refractivity contribution in [1.82, 2.24) is 20.1 Å². The summed E-state index contributed by atoms with van der Waals surface area (Å²) in [4.78, 5) is 16.7. The first-order chi connectivity index (χ1) is 9.74. The molecule has 1 aliphatic carbocycles. The van der Waals surface area contributed by atoms with Crippen molar-refractivity contribution < 1.29 is 9.42 Å². The third kappa shape index (κ3) is 2.85. The molecule has 2 heterocycles. The molecule has 110 valence electrons. The lowest BCUT2D eigenvalue weighted by Crippen LogP contribution is -2.49. The Morgan fingerprint density at radius 2 is 1.90 bits per heavy atom. The van der Waals surface area contributed by atoms with Gasteiger partial charge in [0.05, 0.1) is 0 Å². The Morgan fingerprint density at radius 1 is 1.20 bits per heavy atom. The van der Waals surface area contributed by atoms with Crippen molar-refractivity contribution >= 4 is 5.91 Å². The van der Waals surface area contributed by atoms with Crippen LogP contribution in [0.15, 0.2) is 4.63 Å². The van der Waals surface area contributed by atoms with Crippen molar-refractivity contribution in [3.63, 3.8) is 0 Å². The van der Waals surface area contributed by atoms with Crippen LogP contribution in [-0.2, 0) is 11.3 Å². The van der Waals surface area contributed by atoms with Crippen molar-refractivity contribution in [2.75, 3.05) is 26.2 Å². The first-order valence-electron chi connectivity index (χ1n) is 7.53. The molecule has 0 aromatic carbocycles. The minimum atomic E-state index is 0.295. The number of carbonyl (C=O) groups excluding carboxylic acids is 1. The molecule has 6 heteroatoms. The summed E-state index contributed by atoms with van der Waals surface area (Å²) < 4.78 is 4.72. The maximum absolute atomic E-state index is 12.3. The highest BCUT2D eigenvalue weighted by Crippen LogP contribution is 2.27. The van der Waals surface area contributed by atoms with Gasteiger partial charge in [0, 0.05) is 38.6 Å². The van der Waals surface area contributed by atoms with Crippen LogP contribution >= 0.6 is 0 Å². The highest BCUT2D eigenvalue weighted by Gasteiger charge is 2.29. The highest BCUT2D eigenvalue weighted by molar-refractivity contribution is 5.79. The second-order valence-electron chi connectivity index (χ2n) is 5.88. The monoisotopic (exact) mass is 278 g/mol. The molecule has 0 bridgehead atoms. The van der Waals surface area contributed by atoms with E-state index in [4.69, 9.17) is 4.63 Å². The van der Waals surface area contributed by atoms with E-state index in [1.165, 1.54) is 12.8 Å². The molecule has 1 amide bonds. The molecule has 3 rings (SSSR count). The van der Waals surface area contributed by atoms with Gasteiger partial charge in [0.25, 0.3) is 0 Å². The number of hydrogen-bond donors (Lipinski definition) is 0. The summed E-state index contributed by atoms with van der Waals surface area (Å²) in [5.74, 6) is 0.671. The van der Waals surface area contributed by atoms with Crippen LogP contribution in [0.1, 0.15) is 37.1 Å². The Labute approximate surface area is 119 Å². The van der Waals surface area contributed by atoms with Crippen LogP contribution in [0.3, 0.4) is 0 Å². The molecule has 2 fully saturated rings. The number of aryl methyl sites for hydroxylation is 1. The van der Waals surface area contributed by atoms with Gasteiger partial charge in [-0.05, 0) is 19.8 Å². The molecule has 1 aliphatic heterocycles. The molecule has 1 saturated carbocycles. The summed E-state index contributed by atoms with van der Waals surface area (Å²) in [5, 5.41) is 7.72. The molecule has 0 atom stereocenters. The van der Waals surface area contributed by atoms with E-state index in [0.29, 0.717) is 11.8 Å². The minimum absolute atomic E-state index is 0.295. The lowest BCUT2D eigenvalue weighted by molar-refractivity contribution is -0.137. The lowest BCUT2D eigenvalue weighted by atomic mass is 10.1. The predicted octanol–water partition coefficient (Wildman–Crippen LogP) is 1.21. The number of nitrogens with zero attached hydrogens (tertiary/aromatic N) is 4. The van der Waals surface area contributed by atoms with Gasteiger partial charge in [-0.15, -0.1) is 0 Å². The van der Waals surface area contributed by atoms with Crippen LogP contribution in [0.2, 0.25) is 0 Å². The molecule has 1 aromatic rings. The maximum Gasteiger partial charge on any atom is 0.225 e. The molecule has 6 nitrogen and oxygen atoms in total. The molecule has 20 heavy (non-hydrogen) atoms. The SMILES string of the molecule is Cc1nonc1CN1CCN(C(=O)C2CCCC2)CC1. The average molecular weight is 278 g/mol. The molecule has 0 radical (unpaired) electrons. The van der Waals surface area contributed by atoms with Gasteiger partial charge < -0.3 is 4.90 Å². The summed E-state index contributed by atoms with van der Waals surface area (Å²) in [5.41, 5.74) is 1.76. The van der Waals surface area contributed by atoms with Crippen molar-refractivity contribution in [3.05, 3.63) is 11.4 Å². The average Bonchev–Trinajstić information content (AvgIpc) is 3.12. The van der Waals surface area contributed by atoms with Crippen molar-refractivity contribution in [3.8, 4) is 0 Å². The first kappa shape index (κ1) is 13.5. The Morgan fingerprint density at radius 3 is 2.50 bits per heavy atom. The van der Waals surface area contributed by atoms with E-state index in [1.807, 2.05) is 11.8 Å². The zero-order valence-electron chi connectivity index (χ0n) is 12.0. The largest absolute Gasteiger partial charge is 0.340 e. The van der Waals surface area contributed by atoms with Gasteiger partial charge >= 0.3 is 0 Å². The molecule has 2 aliphatic rings. The van der Waals surface area contributed by atoms with E-state index < -0.39 is 0 Å². The van der Waals surface area contributed by atoms with Gasteiger partial charge in [-0.3, -0.25) is 9.69 Å². The smallest absolute Gasteiger partial charge is 0.225 e. The Kier molecular flexibility index (Phi) is 4.00. The molecule has 0 unspecified atom stereocenters. The summed E-state index contributed by atoms with van der Waals surface area (Å²) in [7, 11) is 0.